The van der Waals surface area contributed by atoms with Gasteiger partial charge in [0.25, 0.3) is 0 Å². The second kappa shape index (κ2) is 7.88. The summed E-state index contributed by atoms with van der Waals surface area (Å²) in [6.45, 7) is 0. The molecule has 0 spiro atoms. The zero-order chi connectivity index (χ0) is 18.8. The zero-order valence-corrected chi connectivity index (χ0v) is 17.1. The minimum Gasteiger partial charge on any atom is -0.305 e. The van der Waals surface area contributed by atoms with Gasteiger partial charge in [0, 0.05) is 46.6 Å². The van der Waals surface area contributed by atoms with Gasteiger partial charge in [-0.2, -0.15) is 0 Å². The van der Waals surface area contributed by atoms with Crippen molar-refractivity contribution in [3.63, 3.8) is 0 Å². The molecular weight excluding hydrogens is 398 g/mol. The van der Waals surface area contributed by atoms with Crippen molar-refractivity contribution in [3.8, 4) is 11.4 Å². The number of benzene rings is 1. The lowest BCUT2D eigenvalue weighted by atomic mass is 10.2. The Bertz CT molecular complexity index is 1100. The van der Waals surface area contributed by atoms with Gasteiger partial charge in [0.05, 0.1) is 5.52 Å². The first-order valence-electron chi connectivity index (χ1n) is 8.21. The van der Waals surface area contributed by atoms with Crippen LogP contribution in [0, 0.1) is 0 Å². The van der Waals surface area contributed by atoms with Gasteiger partial charge in [0.15, 0.2) is 11.0 Å². The van der Waals surface area contributed by atoms with Gasteiger partial charge in [0.1, 0.15) is 5.15 Å². The normalized spacial score (nSPS) is 11.2. The number of rotatable bonds is 5. The average molecular weight is 414 g/mol. The SMILES string of the molecule is CSc1ccc2cc(CSc3nnc(-c4cccnc4)n3C)c(Cl)nc2c1. The quantitative estimate of drug-likeness (QED) is 0.335. The third kappa shape index (κ3) is 3.81. The lowest BCUT2D eigenvalue weighted by molar-refractivity contribution is 0.793. The third-order valence-electron chi connectivity index (χ3n) is 4.16. The van der Waals surface area contributed by atoms with Crippen LogP contribution in [0.4, 0.5) is 0 Å². The van der Waals surface area contributed by atoms with Crippen molar-refractivity contribution in [2.45, 2.75) is 15.8 Å². The third-order valence-corrected chi connectivity index (χ3v) is 6.28. The Morgan fingerprint density at radius 1 is 1.15 bits per heavy atom. The molecule has 0 atom stereocenters. The van der Waals surface area contributed by atoms with Crippen LogP contribution in [0.25, 0.3) is 22.3 Å². The standard InChI is InChI=1S/C19H16ClN5S2/c1-25-18(13-4-3-7-21-10-13)23-24-19(25)27-11-14-8-12-5-6-15(26-2)9-16(12)22-17(14)20/h3-10H,11H2,1-2H3. The highest BCUT2D eigenvalue weighted by Crippen LogP contribution is 2.30. The number of aromatic nitrogens is 5. The van der Waals surface area contributed by atoms with Crippen LogP contribution in [0.3, 0.4) is 0 Å². The molecule has 4 aromatic rings. The second-order valence-corrected chi connectivity index (χ2v) is 8.07. The highest BCUT2D eigenvalue weighted by Gasteiger charge is 2.13. The van der Waals surface area contributed by atoms with Crippen LogP contribution in [0.5, 0.6) is 0 Å². The summed E-state index contributed by atoms with van der Waals surface area (Å²) in [4.78, 5) is 9.88. The fraction of sp³-hybridized carbons (Fsp3) is 0.158. The lowest BCUT2D eigenvalue weighted by Crippen LogP contribution is -1.96. The maximum absolute atomic E-state index is 6.42. The number of nitrogens with zero attached hydrogens (tertiary/aromatic N) is 5. The van der Waals surface area contributed by atoms with Crippen molar-refractivity contribution in [2.24, 2.45) is 7.05 Å². The van der Waals surface area contributed by atoms with E-state index in [1.54, 1.807) is 35.9 Å². The van der Waals surface area contributed by atoms with Crippen LogP contribution in [-0.2, 0) is 12.8 Å². The maximum atomic E-state index is 6.42. The van der Waals surface area contributed by atoms with Crippen molar-refractivity contribution < 1.29 is 0 Å². The van der Waals surface area contributed by atoms with Gasteiger partial charge < -0.3 is 4.57 Å². The molecule has 0 N–H and O–H groups in total. The van der Waals surface area contributed by atoms with Crippen LogP contribution in [0.2, 0.25) is 5.15 Å². The Morgan fingerprint density at radius 2 is 2.04 bits per heavy atom. The van der Waals surface area contributed by atoms with E-state index >= 15 is 0 Å². The summed E-state index contributed by atoms with van der Waals surface area (Å²) in [7, 11) is 1.95. The van der Waals surface area contributed by atoms with E-state index in [0.29, 0.717) is 10.9 Å². The molecule has 0 saturated heterocycles. The highest BCUT2D eigenvalue weighted by molar-refractivity contribution is 7.98. The van der Waals surface area contributed by atoms with Gasteiger partial charge in [-0.1, -0.05) is 29.4 Å². The number of hydrogen-bond donors (Lipinski definition) is 0. The van der Waals surface area contributed by atoms with Crippen LogP contribution in [0.1, 0.15) is 5.56 Å². The van der Waals surface area contributed by atoms with Gasteiger partial charge in [-0.25, -0.2) is 4.98 Å². The van der Waals surface area contributed by atoms with E-state index in [9.17, 15) is 0 Å². The number of pyridine rings is 2. The Hall–Kier alpha value is -2.09. The van der Waals surface area contributed by atoms with Crippen molar-refractivity contribution >= 4 is 46.0 Å². The monoisotopic (exact) mass is 413 g/mol. The average Bonchev–Trinajstić information content (AvgIpc) is 3.07. The molecule has 0 aliphatic heterocycles. The van der Waals surface area contributed by atoms with E-state index in [1.165, 1.54) is 4.90 Å². The van der Waals surface area contributed by atoms with Crippen molar-refractivity contribution in [3.05, 3.63) is 59.5 Å². The molecule has 27 heavy (non-hydrogen) atoms. The van der Waals surface area contributed by atoms with Gasteiger partial charge in [-0.05, 0) is 36.6 Å². The van der Waals surface area contributed by atoms with Gasteiger partial charge in [0.2, 0.25) is 0 Å². The first-order valence-corrected chi connectivity index (χ1v) is 10.8. The van der Waals surface area contributed by atoms with E-state index in [-0.39, 0.29) is 0 Å². The molecular formula is C19H16ClN5S2. The van der Waals surface area contributed by atoms with Crippen LogP contribution in [0.15, 0.2) is 58.8 Å². The molecule has 0 aliphatic carbocycles. The van der Waals surface area contributed by atoms with E-state index in [1.807, 2.05) is 23.7 Å². The smallest absolute Gasteiger partial charge is 0.191 e. The molecule has 0 bridgehead atoms. The van der Waals surface area contributed by atoms with Crippen LogP contribution in [-0.4, -0.2) is 31.0 Å². The molecule has 0 fully saturated rings. The van der Waals surface area contributed by atoms with Crippen molar-refractivity contribution in [1.82, 2.24) is 24.7 Å². The molecule has 136 valence electrons. The summed E-state index contributed by atoms with van der Waals surface area (Å²) in [5.41, 5.74) is 2.84. The first kappa shape index (κ1) is 18.3. The summed E-state index contributed by atoms with van der Waals surface area (Å²) in [6.07, 6.45) is 5.58. The fourth-order valence-electron chi connectivity index (χ4n) is 2.72. The molecule has 3 heterocycles. The van der Waals surface area contributed by atoms with Gasteiger partial charge in [-0.15, -0.1) is 22.0 Å². The second-order valence-electron chi connectivity index (χ2n) is 5.89. The topological polar surface area (TPSA) is 56.5 Å². The Labute approximate surface area is 170 Å². The maximum Gasteiger partial charge on any atom is 0.191 e. The van der Waals surface area contributed by atoms with E-state index in [2.05, 4.69) is 50.7 Å². The predicted octanol–water partition coefficient (Wildman–Crippen LogP) is 5.09. The number of hydrogen-bond acceptors (Lipinski definition) is 6. The van der Waals surface area contributed by atoms with Gasteiger partial charge >= 0.3 is 0 Å². The molecule has 0 unspecified atom stereocenters. The van der Waals surface area contributed by atoms with E-state index in [4.69, 9.17) is 11.6 Å². The molecule has 4 rings (SSSR count). The minimum absolute atomic E-state index is 0.530. The summed E-state index contributed by atoms with van der Waals surface area (Å²) >= 11 is 9.70. The number of fused-ring (bicyclic) bond motifs is 1. The molecule has 1 aromatic carbocycles. The highest BCUT2D eigenvalue weighted by atomic mass is 35.5. The molecule has 0 radical (unpaired) electrons. The molecule has 0 amide bonds. The fourth-order valence-corrected chi connectivity index (χ4v) is 4.33. The molecule has 0 saturated carbocycles. The van der Waals surface area contributed by atoms with Crippen LogP contribution >= 0.6 is 35.1 Å². The zero-order valence-electron chi connectivity index (χ0n) is 14.8. The number of halogens is 1. The van der Waals surface area contributed by atoms with Crippen molar-refractivity contribution in [2.75, 3.05) is 6.26 Å². The van der Waals surface area contributed by atoms with E-state index < -0.39 is 0 Å². The molecule has 5 nitrogen and oxygen atoms in total. The number of thioether (sulfide) groups is 2. The first-order chi connectivity index (χ1) is 13.2. The van der Waals surface area contributed by atoms with E-state index in [0.717, 1.165) is 33.0 Å². The van der Waals surface area contributed by atoms with Crippen LogP contribution < -0.4 is 0 Å². The Kier molecular flexibility index (Phi) is 5.33. The minimum atomic E-state index is 0.530. The predicted molar refractivity (Wildman–Crippen MR) is 112 cm³/mol. The summed E-state index contributed by atoms with van der Waals surface area (Å²) in [6, 6.07) is 12.2. The van der Waals surface area contributed by atoms with Crippen molar-refractivity contribution in [1.29, 1.82) is 0 Å². The Balaban J connectivity index is 1.57. The van der Waals surface area contributed by atoms with Gasteiger partial charge in [-0.3, -0.25) is 4.98 Å². The summed E-state index contributed by atoms with van der Waals surface area (Å²) in [5.74, 6) is 1.46. The molecule has 8 heteroatoms. The largest absolute Gasteiger partial charge is 0.305 e. The Morgan fingerprint density at radius 3 is 2.81 bits per heavy atom. The molecule has 3 aromatic heterocycles. The summed E-state index contributed by atoms with van der Waals surface area (Å²) in [5, 5.41) is 11.0. The lowest BCUT2D eigenvalue weighted by Gasteiger charge is -2.07. The summed E-state index contributed by atoms with van der Waals surface area (Å²) < 4.78 is 1.97. The molecule has 0 aliphatic rings.